The van der Waals surface area contributed by atoms with Crippen LogP contribution in [0.3, 0.4) is 0 Å². The number of benzene rings is 2. The molecule has 0 spiro atoms. The number of fused-ring (bicyclic) bond motifs is 1. The molecular formula is C19H20O6. The van der Waals surface area contributed by atoms with Crippen LogP contribution in [0.4, 0.5) is 0 Å². The summed E-state index contributed by atoms with van der Waals surface area (Å²) in [5.74, 6) is 0.508. The van der Waals surface area contributed by atoms with Gasteiger partial charge in [-0.15, -0.1) is 0 Å². The van der Waals surface area contributed by atoms with Crippen LogP contribution in [0, 0.1) is 12.8 Å². The zero-order valence-corrected chi connectivity index (χ0v) is 14.3. The zero-order chi connectivity index (χ0) is 18.1. The first kappa shape index (κ1) is 17.0. The van der Waals surface area contributed by atoms with Crippen LogP contribution in [0.15, 0.2) is 24.3 Å². The lowest BCUT2D eigenvalue weighted by atomic mass is 9.88. The molecule has 0 amide bonds. The molecular weight excluding hydrogens is 324 g/mol. The van der Waals surface area contributed by atoms with E-state index in [0.29, 0.717) is 29.2 Å². The highest BCUT2D eigenvalue weighted by molar-refractivity contribution is 6.04. The Morgan fingerprint density at radius 1 is 1.12 bits per heavy atom. The molecule has 2 aromatic rings. The Labute approximate surface area is 145 Å². The van der Waals surface area contributed by atoms with E-state index in [0.717, 1.165) is 5.56 Å². The first-order valence-corrected chi connectivity index (χ1v) is 7.89. The maximum absolute atomic E-state index is 12.9. The molecule has 3 rings (SSSR count). The highest BCUT2D eigenvalue weighted by Gasteiger charge is 2.34. The number of aromatic hydroxyl groups is 2. The number of rotatable bonds is 4. The molecule has 0 aromatic heterocycles. The zero-order valence-electron chi connectivity index (χ0n) is 14.3. The van der Waals surface area contributed by atoms with Crippen molar-refractivity contribution < 1.29 is 29.2 Å². The molecule has 0 aliphatic carbocycles. The van der Waals surface area contributed by atoms with Crippen LogP contribution in [0.2, 0.25) is 0 Å². The molecule has 2 N–H and O–H groups in total. The van der Waals surface area contributed by atoms with Crippen LogP contribution in [-0.2, 0) is 6.42 Å². The number of Topliss-reactive ketones (excluding diaryl/α,β-unsaturated/α-hetero) is 1. The molecule has 6 heteroatoms. The molecule has 1 aliphatic heterocycles. The Kier molecular flexibility index (Phi) is 4.44. The van der Waals surface area contributed by atoms with Crippen LogP contribution < -0.4 is 14.2 Å². The molecule has 0 saturated carbocycles. The average molecular weight is 344 g/mol. The van der Waals surface area contributed by atoms with Crippen molar-refractivity contribution in [2.24, 2.45) is 5.92 Å². The van der Waals surface area contributed by atoms with Gasteiger partial charge in [0.25, 0.3) is 0 Å². The Morgan fingerprint density at radius 3 is 2.52 bits per heavy atom. The van der Waals surface area contributed by atoms with Crippen molar-refractivity contribution in [2.75, 3.05) is 20.8 Å². The van der Waals surface area contributed by atoms with Gasteiger partial charge in [-0.25, -0.2) is 0 Å². The Bertz CT molecular complexity index is 827. The molecule has 1 heterocycles. The third-order valence-electron chi connectivity index (χ3n) is 4.45. The highest BCUT2D eigenvalue weighted by Crippen LogP contribution is 2.42. The summed E-state index contributed by atoms with van der Waals surface area (Å²) < 4.78 is 16.1. The standard InChI is InChI=1S/C19H20O6/c1-10-15(23-2)8-14(21)17-18(22)12(9-25-19(10)17)6-11-4-5-13(20)16(7-11)24-3/h4-5,7-8,12,20-21H,6,9H2,1-3H3. The highest BCUT2D eigenvalue weighted by atomic mass is 16.5. The van der Waals surface area contributed by atoms with E-state index in [-0.39, 0.29) is 29.5 Å². The van der Waals surface area contributed by atoms with E-state index in [1.165, 1.54) is 26.4 Å². The van der Waals surface area contributed by atoms with E-state index >= 15 is 0 Å². The molecule has 1 atom stereocenters. The van der Waals surface area contributed by atoms with Gasteiger partial charge in [0.2, 0.25) is 0 Å². The number of hydrogen-bond donors (Lipinski definition) is 2. The van der Waals surface area contributed by atoms with Crippen molar-refractivity contribution in [1.82, 2.24) is 0 Å². The minimum Gasteiger partial charge on any atom is -0.507 e. The van der Waals surface area contributed by atoms with Crippen LogP contribution >= 0.6 is 0 Å². The second-order valence-corrected chi connectivity index (χ2v) is 6.01. The van der Waals surface area contributed by atoms with Crippen molar-refractivity contribution >= 4 is 5.78 Å². The van der Waals surface area contributed by atoms with Crippen molar-refractivity contribution in [3.63, 3.8) is 0 Å². The van der Waals surface area contributed by atoms with Crippen LogP contribution in [0.1, 0.15) is 21.5 Å². The Morgan fingerprint density at radius 2 is 1.84 bits per heavy atom. The summed E-state index contributed by atoms with van der Waals surface area (Å²) >= 11 is 0. The van der Waals surface area contributed by atoms with Crippen molar-refractivity contribution in [3.8, 4) is 28.7 Å². The van der Waals surface area contributed by atoms with E-state index in [4.69, 9.17) is 14.2 Å². The largest absolute Gasteiger partial charge is 0.507 e. The maximum Gasteiger partial charge on any atom is 0.177 e. The lowest BCUT2D eigenvalue weighted by Gasteiger charge is -2.27. The minimum atomic E-state index is -0.430. The number of carbonyl (C=O) groups is 1. The topological polar surface area (TPSA) is 85.2 Å². The van der Waals surface area contributed by atoms with Crippen molar-refractivity contribution in [1.29, 1.82) is 0 Å². The lowest BCUT2D eigenvalue weighted by Crippen LogP contribution is -2.30. The van der Waals surface area contributed by atoms with E-state index in [1.54, 1.807) is 19.1 Å². The first-order valence-electron chi connectivity index (χ1n) is 7.89. The molecule has 0 saturated heterocycles. The first-order chi connectivity index (χ1) is 12.0. The second-order valence-electron chi connectivity index (χ2n) is 6.01. The average Bonchev–Trinajstić information content (AvgIpc) is 2.61. The maximum atomic E-state index is 12.9. The smallest absolute Gasteiger partial charge is 0.177 e. The summed E-state index contributed by atoms with van der Waals surface area (Å²) in [6, 6.07) is 6.39. The number of hydrogen-bond acceptors (Lipinski definition) is 6. The lowest BCUT2D eigenvalue weighted by molar-refractivity contribution is 0.0824. The molecule has 6 nitrogen and oxygen atoms in total. The summed E-state index contributed by atoms with van der Waals surface area (Å²) in [5.41, 5.74) is 1.72. The van der Waals surface area contributed by atoms with Gasteiger partial charge in [0.15, 0.2) is 17.3 Å². The Hall–Kier alpha value is -2.89. The normalized spacial score (nSPS) is 16.1. The van der Waals surface area contributed by atoms with Gasteiger partial charge in [0, 0.05) is 11.6 Å². The van der Waals surface area contributed by atoms with Crippen LogP contribution in [-0.4, -0.2) is 36.8 Å². The molecule has 0 bridgehead atoms. The fourth-order valence-corrected chi connectivity index (χ4v) is 3.10. The van der Waals surface area contributed by atoms with Crippen molar-refractivity contribution in [2.45, 2.75) is 13.3 Å². The van der Waals surface area contributed by atoms with Crippen LogP contribution in [0.25, 0.3) is 0 Å². The molecule has 1 aliphatic rings. The van der Waals surface area contributed by atoms with Crippen molar-refractivity contribution in [3.05, 3.63) is 41.0 Å². The third-order valence-corrected chi connectivity index (χ3v) is 4.45. The van der Waals surface area contributed by atoms with E-state index < -0.39 is 5.92 Å². The van der Waals surface area contributed by atoms with Gasteiger partial charge < -0.3 is 24.4 Å². The second kappa shape index (κ2) is 6.55. The summed E-state index contributed by atoms with van der Waals surface area (Å²) in [5, 5.41) is 19.9. The summed E-state index contributed by atoms with van der Waals surface area (Å²) in [6.07, 6.45) is 0.416. The Balaban J connectivity index is 1.91. The van der Waals surface area contributed by atoms with Gasteiger partial charge in [-0.3, -0.25) is 4.79 Å². The van der Waals surface area contributed by atoms with Crippen LogP contribution in [0.5, 0.6) is 28.7 Å². The van der Waals surface area contributed by atoms with Gasteiger partial charge in [-0.2, -0.15) is 0 Å². The summed E-state index contributed by atoms with van der Waals surface area (Å²) in [6.45, 7) is 2.00. The molecule has 25 heavy (non-hydrogen) atoms. The SMILES string of the molecule is COc1cc(CC2COc3c(C)c(OC)cc(O)c3C2=O)ccc1O. The third kappa shape index (κ3) is 2.95. The fourth-order valence-electron chi connectivity index (χ4n) is 3.10. The fraction of sp³-hybridized carbons (Fsp3) is 0.316. The number of phenolic OH excluding ortho intramolecular Hbond substituents is 2. The summed E-state index contributed by atoms with van der Waals surface area (Å²) in [7, 11) is 2.97. The predicted octanol–water partition coefficient (Wildman–Crippen LogP) is 2.86. The number of ether oxygens (including phenoxy) is 3. The molecule has 0 fully saturated rings. The molecule has 1 unspecified atom stereocenters. The van der Waals surface area contributed by atoms with Gasteiger partial charge in [0.05, 0.1) is 26.7 Å². The quantitative estimate of drug-likeness (QED) is 0.887. The van der Waals surface area contributed by atoms with Gasteiger partial charge in [-0.05, 0) is 31.0 Å². The minimum absolute atomic E-state index is 0.0446. The summed E-state index contributed by atoms with van der Waals surface area (Å²) in [4.78, 5) is 12.9. The molecule has 0 radical (unpaired) electrons. The van der Waals surface area contributed by atoms with E-state index in [1.807, 2.05) is 0 Å². The van der Waals surface area contributed by atoms with Gasteiger partial charge in [-0.1, -0.05) is 6.07 Å². The van der Waals surface area contributed by atoms with Gasteiger partial charge >= 0.3 is 0 Å². The number of ketones is 1. The van der Waals surface area contributed by atoms with E-state index in [9.17, 15) is 15.0 Å². The number of carbonyl (C=O) groups excluding carboxylic acids is 1. The van der Waals surface area contributed by atoms with E-state index in [2.05, 4.69) is 0 Å². The molecule has 132 valence electrons. The predicted molar refractivity (Wildman–Crippen MR) is 91.1 cm³/mol. The van der Waals surface area contributed by atoms with Gasteiger partial charge in [0.1, 0.15) is 22.8 Å². The monoisotopic (exact) mass is 344 g/mol. The number of methoxy groups -OCH3 is 2. The number of phenols is 2. The molecule has 2 aromatic carbocycles.